The van der Waals surface area contributed by atoms with Gasteiger partial charge in [-0.1, -0.05) is 96.9 Å². The lowest BCUT2D eigenvalue weighted by molar-refractivity contribution is -0.116. The number of rotatable bonds is 11. The minimum absolute atomic E-state index is 0.127. The predicted octanol–water partition coefficient (Wildman–Crippen LogP) is 8.90. The van der Waals surface area contributed by atoms with Crippen molar-refractivity contribution < 1.29 is 9.59 Å². The maximum atomic E-state index is 12.4. The fourth-order valence-electron chi connectivity index (χ4n) is 3.15. The molecule has 1 aromatic rings. The normalized spacial score (nSPS) is 12.7. The second-order valence-electron chi connectivity index (χ2n) is 7.75. The number of nitrogens with one attached hydrogen (secondary N) is 1. The van der Waals surface area contributed by atoms with Gasteiger partial charge in [-0.05, 0) is 45.3 Å². The van der Waals surface area contributed by atoms with Crippen LogP contribution in [0.1, 0.15) is 98.7 Å². The molecule has 0 fully saturated rings. The van der Waals surface area contributed by atoms with Gasteiger partial charge in [0.2, 0.25) is 0 Å². The average molecular weight is 513 g/mol. The number of allylic oxidation sites excluding steroid dienone is 9. The molecule has 0 aliphatic heterocycles. The van der Waals surface area contributed by atoms with Gasteiger partial charge in [0.05, 0.1) is 11.3 Å². The smallest absolute Gasteiger partial charge is 0.250 e. The number of thiazole rings is 1. The highest BCUT2D eigenvalue weighted by Crippen LogP contribution is 2.32. The third kappa shape index (κ3) is 12.3. The first-order chi connectivity index (χ1) is 17.2. The van der Waals surface area contributed by atoms with Crippen molar-refractivity contribution in [2.45, 2.75) is 88.0 Å². The Morgan fingerprint density at radius 3 is 2.17 bits per heavy atom. The molecule has 1 N–H and O–H groups in total. The molecule has 4 nitrogen and oxygen atoms in total. The fraction of sp³-hybridized carbons (Fsp3) is 0.452. The molecule has 1 amide bonds. The van der Waals surface area contributed by atoms with Gasteiger partial charge in [0.25, 0.3) is 5.91 Å². The second-order valence-corrected chi connectivity index (χ2v) is 8.61. The van der Waals surface area contributed by atoms with Gasteiger partial charge in [0.1, 0.15) is 5.01 Å². The van der Waals surface area contributed by atoms with Gasteiger partial charge < -0.3 is 5.32 Å². The molecule has 1 rings (SSSR count). The lowest BCUT2D eigenvalue weighted by Gasteiger charge is -2.11. The predicted molar refractivity (Wildman–Crippen MR) is 161 cm³/mol. The molecule has 1 heterocycles. The number of Topliss-reactive ketones (excluding diaryl/α,β-unsaturated/α-hetero) is 1. The molecule has 5 heteroatoms. The first-order valence-corrected chi connectivity index (χ1v) is 13.9. The van der Waals surface area contributed by atoms with Gasteiger partial charge in [0.15, 0.2) is 5.78 Å². The molecule has 36 heavy (non-hydrogen) atoms. The minimum atomic E-state index is -0.221. The Balaban J connectivity index is 0. The first kappa shape index (κ1) is 35.4. The third-order valence-electron chi connectivity index (χ3n) is 4.67. The number of hydrogen-bond donors (Lipinski definition) is 1. The highest BCUT2D eigenvalue weighted by atomic mass is 32.1. The second kappa shape index (κ2) is 21.5. The van der Waals surface area contributed by atoms with E-state index in [2.05, 4.69) is 45.7 Å². The van der Waals surface area contributed by atoms with E-state index in [1.807, 2.05) is 51.3 Å². The highest BCUT2D eigenvalue weighted by Gasteiger charge is 2.18. The van der Waals surface area contributed by atoms with Gasteiger partial charge in [0, 0.05) is 23.6 Å². The summed E-state index contributed by atoms with van der Waals surface area (Å²) < 4.78 is 0. The maximum absolute atomic E-state index is 12.4. The van der Waals surface area contributed by atoms with E-state index < -0.39 is 0 Å². The molecule has 0 aliphatic rings. The van der Waals surface area contributed by atoms with Crippen LogP contribution in [0.5, 0.6) is 0 Å². The molecule has 200 valence electrons. The zero-order valence-corrected chi connectivity index (χ0v) is 25.1. The number of carbonyl (C=O) groups is 2. The number of hydrogen-bond acceptors (Lipinski definition) is 4. The van der Waals surface area contributed by atoms with Crippen LogP contribution in [0, 0.1) is 0 Å². The highest BCUT2D eigenvalue weighted by molar-refractivity contribution is 7.11. The van der Waals surface area contributed by atoms with Crippen LogP contribution in [-0.2, 0) is 9.59 Å². The zero-order chi connectivity index (χ0) is 28.1. The van der Waals surface area contributed by atoms with E-state index in [1.54, 1.807) is 19.2 Å². The van der Waals surface area contributed by atoms with E-state index in [0.717, 1.165) is 29.7 Å². The van der Waals surface area contributed by atoms with E-state index in [0.29, 0.717) is 22.6 Å². The van der Waals surface area contributed by atoms with E-state index in [4.69, 9.17) is 4.98 Å². The lowest BCUT2D eigenvalue weighted by Crippen LogP contribution is -2.19. The Labute approximate surface area is 224 Å². The summed E-state index contributed by atoms with van der Waals surface area (Å²) >= 11 is 1.41. The molecule has 1 aromatic heterocycles. The molecule has 0 bridgehead atoms. The number of likely N-dealkylation sites (N-methyl/N-ethyl adjacent to an activating group) is 1. The molecular formula is C31H48N2O2S. The molecule has 0 radical (unpaired) electrons. The van der Waals surface area contributed by atoms with Crippen molar-refractivity contribution in [2.75, 3.05) is 7.05 Å². The quantitative estimate of drug-likeness (QED) is 0.238. The van der Waals surface area contributed by atoms with Gasteiger partial charge >= 0.3 is 0 Å². The average Bonchev–Trinajstić information content (AvgIpc) is 3.34. The monoisotopic (exact) mass is 512 g/mol. The largest absolute Gasteiger partial charge is 0.355 e. The molecule has 0 aliphatic carbocycles. The van der Waals surface area contributed by atoms with E-state index >= 15 is 0 Å². The number of carbonyl (C=O) groups excluding carboxylic acids is 2. The minimum Gasteiger partial charge on any atom is -0.355 e. The van der Waals surface area contributed by atoms with Crippen molar-refractivity contribution in [3.05, 3.63) is 75.8 Å². The number of amides is 1. The molecule has 0 aromatic carbocycles. The summed E-state index contributed by atoms with van der Waals surface area (Å²) in [6, 6.07) is 0. The van der Waals surface area contributed by atoms with Crippen molar-refractivity contribution in [1.82, 2.24) is 10.3 Å². The van der Waals surface area contributed by atoms with Crippen molar-refractivity contribution in [2.24, 2.45) is 0 Å². The number of nitrogens with zero attached hydrogens (tertiary/aromatic N) is 1. The van der Waals surface area contributed by atoms with Crippen molar-refractivity contribution in [1.29, 1.82) is 0 Å². The maximum Gasteiger partial charge on any atom is 0.250 e. The topological polar surface area (TPSA) is 59.1 Å². The Morgan fingerprint density at radius 1 is 1.11 bits per heavy atom. The van der Waals surface area contributed by atoms with E-state index in [1.165, 1.54) is 30.3 Å². The van der Waals surface area contributed by atoms with Gasteiger partial charge in [-0.2, -0.15) is 0 Å². The third-order valence-corrected chi connectivity index (χ3v) is 5.54. The molecule has 0 saturated carbocycles. The van der Waals surface area contributed by atoms with Crippen LogP contribution in [0.4, 0.5) is 0 Å². The summed E-state index contributed by atoms with van der Waals surface area (Å²) in [5.41, 5.74) is 5.13. The Hall–Kier alpha value is -2.79. The Bertz CT molecular complexity index is 972. The van der Waals surface area contributed by atoms with Crippen LogP contribution in [0.2, 0.25) is 0 Å². The molecule has 0 unspecified atom stereocenters. The molecule has 0 spiro atoms. The first-order valence-electron chi connectivity index (χ1n) is 13.0. The van der Waals surface area contributed by atoms with Crippen molar-refractivity contribution in [3.63, 3.8) is 0 Å². The molecule has 0 atom stereocenters. The summed E-state index contributed by atoms with van der Waals surface area (Å²) in [4.78, 5) is 29.4. The SMILES string of the molecule is C=C\C=C/C(=C(\C)CCC)C(=C\C)/c1csc(/C(=C/C(=C\CC)C(=O)NC)C(C)=O)n1.CC.CCC. The summed E-state index contributed by atoms with van der Waals surface area (Å²) in [5, 5.41) is 5.19. The summed E-state index contributed by atoms with van der Waals surface area (Å²) in [6.07, 6.45) is 15.2. The van der Waals surface area contributed by atoms with E-state index in [-0.39, 0.29) is 11.7 Å². The summed E-state index contributed by atoms with van der Waals surface area (Å²) in [7, 11) is 1.58. The van der Waals surface area contributed by atoms with Crippen LogP contribution in [0.3, 0.4) is 0 Å². The Kier molecular flexibility index (Phi) is 21.1. The lowest BCUT2D eigenvalue weighted by atomic mass is 9.95. The van der Waals surface area contributed by atoms with Crippen LogP contribution in [-0.4, -0.2) is 23.7 Å². The molecular weight excluding hydrogens is 464 g/mol. The summed E-state index contributed by atoms with van der Waals surface area (Å²) in [6.45, 7) is 21.8. The van der Waals surface area contributed by atoms with Crippen LogP contribution >= 0.6 is 11.3 Å². The van der Waals surface area contributed by atoms with Gasteiger partial charge in [-0.15, -0.1) is 11.3 Å². The van der Waals surface area contributed by atoms with Crippen molar-refractivity contribution >= 4 is 34.2 Å². The van der Waals surface area contributed by atoms with Crippen LogP contribution < -0.4 is 5.32 Å². The Morgan fingerprint density at radius 2 is 1.72 bits per heavy atom. The van der Waals surface area contributed by atoms with Crippen molar-refractivity contribution in [3.8, 4) is 0 Å². The fourth-order valence-corrected chi connectivity index (χ4v) is 4.03. The van der Waals surface area contributed by atoms with Gasteiger partial charge in [-0.25, -0.2) is 4.98 Å². The van der Waals surface area contributed by atoms with E-state index in [9.17, 15) is 9.59 Å². The molecule has 0 saturated heterocycles. The standard InChI is InChI=1S/C26H34N2O2S.C3H8.C2H6/c1-8-12-15-22(18(5)13-9-2)21(11-4)24-17-31-26(28-24)23(19(6)29)16-20(14-10-3)25(30)27-7;1-3-2;1-2/h8,11-12,14-17H,1,9-10,13H2,2-7H3,(H,27,30);3H2,1-2H3;1-2H3/b15-12-,20-14+,21-11+,22-18-,23-16+;;. The van der Waals surface area contributed by atoms with Crippen LogP contribution in [0.25, 0.3) is 11.1 Å². The number of aromatic nitrogens is 1. The van der Waals surface area contributed by atoms with Crippen LogP contribution in [0.15, 0.2) is 65.1 Å². The summed E-state index contributed by atoms with van der Waals surface area (Å²) in [5.74, 6) is -0.347. The zero-order valence-electron chi connectivity index (χ0n) is 24.2. The van der Waals surface area contributed by atoms with Gasteiger partial charge in [-0.3, -0.25) is 9.59 Å². The number of ketones is 1.